The van der Waals surface area contributed by atoms with Gasteiger partial charge in [0.1, 0.15) is 0 Å². The lowest BCUT2D eigenvalue weighted by Crippen LogP contribution is -2.45. The molecular weight excluding hydrogens is 324 g/mol. The molecule has 0 aliphatic heterocycles. The summed E-state index contributed by atoms with van der Waals surface area (Å²) in [6.07, 6.45) is 0. The van der Waals surface area contributed by atoms with Gasteiger partial charge in [-0.05, 0) is 35.2 Å². The number of ketones is 2. The van der Waals surface area contributed by atoms with Crippen LogP contribution in [-0.2, 0) is 9.47 Å². The molecule has 0 unspecified atom stereocenters. The molecule has 5 heteroatoms. The van der Waals surface area contributed by atoms with Gasteiger partial charge < -0.3 is 9.47 Å². The van der Waals surface area contributed by atoms with Crippen molar-refractivity contribution in [1.82, 2.24) is 0 Å². The molecule has 0 fully saturated rings. The van der Waals surface area contributed by atoms with Crippen molar-refractivity contribution >= 4 is 33.0 Å². The molecule has 4 rings (SSSR count). The fourth-order valence-corrected chi connectivity index (χ4v) is 4.18. The third-order valence-electron chi connectivity index (χ3n) is 4.39. The lowest BCUT2D eigenvalue weighted by Gasteiger charge is -2.21. The Morgan fingerprint density at radius 3 is 2.29 bits per heavy atom. The van der Waals surface area contributed by atoms with Crippen molar-refractivity contribution in [2.75, 3.05) is 14.2 Å². The minimum Gasteiger partial charge on any atom is -0.341 e. The van der Waals surface area contributed by atoms with E-state index in [-0.39, 0.29) is 0 Å². The van der Waals surface area contributed by atoms with Crippen molar-refractivity contribution in [3.8, 4) is 10.4 Å². The average molecular weight is 338 g/mol. The van der Waals surface area contributed by atoms with E-state index >= 15 is 0 Å². The first-order chi connectivity index (χ1) is 11.6. The highest BCUT2D eigenvalue weighted by Gasteiger charge is 2.54. The maximum Gasteiger partial charge on any atom is 0.299 e. The smallest absolute Gasteiger partial charge is 0.299 e. The Bertz CT molecular complexity index is 949. The predicted molar refractivity (Wildman–Crippen MR) is 92.7 cm³/mol. The highest BCUT2D eigenvalue weighted by Crippen LogP contribution is 2.38. The van der Waals surface area contributed by atoms with Crippen molar-refractivity contribution in [2.24, 2.45) is 0 Å². The van der Waals surface area contributed by atoms with Crippen molar-refractivity contribution < 1.29 is 19.1 Å². The molecule has 2 aromatic carbocycles. The van der Waals surface area contributed by atoms with Gasteiger partial charge in [-0.1, -0.05) is 24.3 Å². The standard InChI is InChI=1S/C19H14O4S/c1-22-19(23-2)17(20)13-8-7-12(9-14(13)18(19)21)16-10-11-5-3-4-6-15(11)24-16/h3-10H,1-2H3. The largest absolute Gasteiger partial charge is 0.341 e. The first kappa shape index (κ1) is 15.2. The number of carbonyl (C=O) groups excluding carboxylic acids is 2. The molecule has 1 aromatic heterocycles. The Hall–Kier alpha value is -2.34. The Labute approximate surface area is 142 Å². The van der Waals surface area contributed by atoms with E-state index in [4.69, 9.17) is 9.47 Å². The van der Waals surface area contributed by atoms with Gasteiger partial charge >= 0.3 is 0 Å². The fraction of sp³-hybridized carbons (Fsp3) is 0.158. The number of hydrogen-bond acceptors (Lipinski definition) is 5. The number of ether oxygens (including phenoxy) is 2. The summed E-state index contributed by atoms with van der Waals surface area (Å²) >= 11 is 1.65. The number of thiophene rings is 1. The van der Waals surface area contributed by atoms with Gasteiger partial charge in [-0.2, -0.15) is 0 Å². The molecule has 0 amide bonds. The van der Waals surface area contributed by atoms with Crippen LogP contribution < -0.4 is 0 Å². The second kappa shape index (κ2) is 5.34. The van der Waals surface area contributed by atoms with E-state index in [1.165, 1.54) is 18.9 Å². The quantitative estimate of drug-likeness (QED) is 0.536. The number of benzene rings is 2. The zero-order valence-electron chi connectivity index (χ0n) is 13.2. The van der Waals surface area contributed by atoms with Gasteiger partial charge in [0.05, 0.1) is 0 Å². The van der Waals surface area contributed by atoms with Crippen LogP contribution in [0, 0.1) is 0 Å². The summed E-state index contributed by atoms with van der Waals surface area (Å²) in [5, 5.41) is 1.16. The number of methoxy groups -OCH3 is 2. The SMILES string of the molecule is COC1(OC)C(=O)c2ccc(-c3cc4ccccc4s3)cc2C1=O. The number of hydrogen-bond donors (Lipinski definition) is 0. The van der Waals surface area contributed by atoms with Crippen LogP contribution in [-0.4, -0.2) is 31.6 Å². The maximum atomic E-state index is 12.7. The van der Waals surface area contributed by atoms with Gasteiger partial charge in [-0.3, -0.25) is 9.59 Å². The summed E-state index contributed by atoms with van der Waals surface area (Å²) in [5.41, 5.74) is 1.59. The molecule has 0 N–H and O–H groups in total. The van der Waals surface area contributed by atoms with Crippen LogP contribution in [0.5, 0.6) is 0 Å². The predicted octanol–water partition coefficient (Wildman–Crippen LogP) is 3.94. The van der Waals surface area contributed by atoms with Crippen LogP contribution >= 0.6 is 11.3 Å². The van der Waals surface area contributed by atoms with Crippen molar-refractivity contribution in [2.45, 2.75) is 5.79 Å². The fourth-order valence-electron chi connectivity index (χ4n) is 3.12. The second-order valence-corrected chi connectivity index (χ2v) is 6.68. The molecule has 1 aliphatic carbocycles. The van der Waals surface area contributed by atoms with Gasteiger partial charge in [0.2, 0.25) is 11.6 Å². The highest BCUT2D eigenvalue weighted by atomic mass is 32.1. The van der Waals surface area contributed by atoms with Crippen LogP contribution in [0.3, 0.4) is 0 Å². The molecule has 0 saturated carbocycles. The summed E-state index contributed by atoms with van der Waals surface area (Å²) < 4.78 is 11.4. The van der Waals surface area contributed by atoms with Gasteiger partial charge in [0.25, 0.3) is 5.79 Å². The monoisotopic (exact) mass is 338 g/mol. The third kappa shape index (κ3) is 1.92. The molecular formula is C19H14O4S. The minimum absolute atomic E-state index is 0.341. The van der Waals surface area contributed by atoms with E-state index in [1.54, 1.807) is 23.5 Å². The average Bonchev–Trinajstić information content (AvgIpc) is 3.14. The first-order valence-electron chi connectivity index (χ1n) is 7.43. The van der Waals surface area contributed by atoms with E-state index in [2.05, 4.69) is 18.2 Å². The normalized spacial score (nSPS) is 15.9. The highest BCUT2D eigenvalue weighted by molar-refractivity contribution is 7.22. The van der Waals surface area contributed by atoms with E-state index in [1.807, 2.05) is 18.2 Å². The number of fused-ring (bicyclic) bond motifs is 2. The molecule has 0 radical (unpaired) electrons. The summed E-state index contributed by atoms with van der Waals surface area (Å²) in [6, 6.07) is 15.5. The van der Waals surface area contributed by atoms with E-state index in [0.717, 1.165) is 15.8 Å². The van der Waals surface area contributed by atoms with E-state index < -0.39 is 17.4 Å². The molecule has 0 bridgehead atoms. The number of Topliss-reactive ketones (excluding diaryl/α,β-unsaturated/α-hetero) is 2. The summed E-state index contributed by atoms with van der Waals surface area (Å²) in [6.45, 7) is 0. The van der Waals surface area contributed by atoms with Gasteiger partial charge in [0.15, 0.2) is 0 Å². The Kier molecular flexibility index (Phi) is 3.38. The zero-order chi connectivity index (χ0) is 16.9. The maximum absolute atomic E-state index is 12.7. The van der Waals surface area contributed by atoms with Crippen LogP contribution in [0.1, 0.15) is 20.7 Å². The molecule has 0 spiro atoms. The second-order valence-electron chi connectivity index (χ2n) is 5.59. The topological polar surface area (TPSA) is 52.6 Å². The summed E-state index contributed by atoms with van der Waals surface area (Å²) in [4.78, 5) is 26.2. The Morgan fingerprint density at radius 2 is 1.58 bits per heavy atom. The first-order valence-corrected chi connectivity index (χ1v) is 8.25. The Morgan fingerprint density at radius 1 is 0.875 bits per heavy atom. The number of rotatable bonds is 3. The van der Waals surface area contributed by atoms with Crippen LogP contribution in [0.4, 0.5) is 0 Å². The molecule has 1 heterocycles. The summed E-state index contributed by atoms with van der Waals surface area (Å²) in [7, 11) is 2.61. The minimum atomic E-state index is -1.85. The van der Waals surface area contributed by atoms with Crippen molar-refractivity contribution in [1.29, 1.82) is 0 Å². The van der Waals surface area contributed by atoms with Gasteiger partial charge in [-0.25, -0.2) is 0 Å². The molecule has 4 nitrogen and oxygen atoms in total. The Balaban J connectivity index is 1.85. The van der Waals surface area contributed by atoms with Crippen LogP contribution in [0.15, 0.2) is 48.5 Å². The summed E-state index contributed by atoms with van der Waals surface area (Å²) in [5.74, 6) is -2.74. The van der Waals surface area contributed by atoms with Gasteiger partial charge in [0, 0.05) is 34.9 Å². The zero-order valence-corrected chi connectivity index (χ0v) is 14.0. The molecule has 1 aliphatic rings. The lowest BCUT2D eigenvalue weighted by atomic mass is 10.0. The van der Waals surface area contributed by atoms with E-state index in [9.17, 15) is 9.59 Å². The number of carbonyl (C=O) groups is 2. The molecule has 0 atom stereocenters. The molecule has 3 aromatic rings. The van der Waals surface area contributed by atoms with Gasteiger partial charge in [-0.15, -0.1) is 11.3 Å². The van der Waals surface area contributed by atoms with E-state index in [0.29, 0.717) is 11.1 Å². The molecule has 0 saturated heterocycles. The lowest BCUT2D eigenvalue weighted by molar-refractivity contribution is -0.133. The van der Waals surface area contributed by atoms with Crippen LogP contribution in [0.2, 0.25) is 0 Å². The van der Waals surface area contributed by atoms with Crippen molar-refractivity contribution in [3.63, 3.8) is 0 Å². The molecule has 120 valence electrons. The van der Waals surface area contributed by atoms with Crippen LogP contribution in [0.25, 0.3) is 20.5 Å². The third-order valence-corrected chi connectivity index (χ3v) is 5.56. The molecule has 24 heavy (non-hydrogen) atoms. The van der Waals surface area contributed by atoms with Crippen molar-refractivity contribution in [3.05, 3.63) is 59.7 Å².